The number of nitrogens with one attached hydrogen (secondary N) is 1. The maximum atomic E-state index is 11.9. The van der Waals surface area contributed by atoms with Crippen molar-refractivity contribution in [2.45, 2.75) is 104 Å². The molecule has 0 aromatic carbocycles. The molecule has 1 amide bonds. The predicted molar refractivity (Wildman–Crippen MR) is 132 cm³/mol. The van der Waals surface area contributed by atoms with Crippen molar-refractivity contribution < 1.29 is 9.53 Å². The summed E-state index contributed by atoms with van der Waals surface area (Å²) >= 11 is 0. The molecule has 0 rings (SSSR count). The van der Waals surface area contributed by atoms with E-state index in [1.54, 1.807) is 0 Å². The number of ether oxygens (including phenoxy) is 1. The summed E-state index contributed by atoms with van der Waals surface area (Å²) in [4.78, 5) is 11.9. The number of carbonyl (C=O) groups excluding carboxylic acids is 1. The molecule has 3 heteroatoms. The first-order chi connectivity index (χ1) is 14.5. The van der Waals surface area contributed by atoms with E-state index in [9.17, 15) is 4.79 Å². The Morgan fingerprint density at radius 3 is 1.83 bits per heavy atom. The molecule has 0 aliphatic carbocycles. The minimum Gasteiger partial charge on any atom is -0.374 e. The fourth-order valence-corrected chi connectivity index (χ4v) is 2.77. The highest BCUT2D eigenvalue weighted by molar-refractivity contribution is 5.75. The maximum Gasteiger partial charge on any atom is 0.220 e. The van der Waals surface area contributed by atoms with E-state index >= 15 is 0 Å². The fourth-order valence-electron chi connectivity index (χ4n) is 2.77. The van der Waals surface area contributed by atoms with E-state index in [0.717, 1.165) is 45.1 Å². The Labute approximate surface area is 186 Å². The summed E-state index contributed by atoms with van der Waals surface area (Å²) in [7, 11) is 0. The SMILES string of the molecule is CCCCC/C=C\C/C=C\C/C=C\C/C=C\CCCC(=O)NCC(C)(C)OCCC. The second-order valence-corrected chi connectivity index (χ2v) is 8.37. The molecular weight excluding hydrogens is 370 g/mol. The van der Waals surface area contributed by atoms with Crippen molar-refractivity contribution in [3.8, 4) is 0 Å². The molecule has 0 unspecified atom stereocenters. The number of hydrogen-bond donors (Lipinski definition) is 1. The quantitative estimate of drug-likeness (QED) is 0.175. The van der Waals surface area contributed by atoms with Crippen molar-refractivity contribution in [2.24, 2.45) is 0 Å². The van der Waals surface area contributed by atoms with Crippen molar-refractivity contribution >= 4 is 5.91 Å². The summed E-state index contributed by atoms with van der Waals surface area (Å²) in [5, 5.41) is 2.98. The van der Waals surface area contributed by atoms with Gasteiger partial charge in [0.2, 0.25) is 5.91 Å². The van der Waals surface area contributed by atoms with Gasteiger partial charge in [0.15, 0.2) is 0 Å². The molecule has 0 aliphatic rings. The van der Waals surface area contributed by atoms with Gasteiger partial charge in [-0.25, -0.2) is 0 Å². The molecular formula is C27H47NO2. The smallest absolute Gasteiger partial charge is 0.220 e. The summed E-state index contributed by atoms with van der Waals surface area (Å²) < 4.78 is 5.73. The fraction of sp³-hybridized carbons (Fsp3) is 0.667. The minimum atomic E-state index is -0.294. The molecule has 0 aromatic heterocycles. The van der Waals surface area contributed by atoms with Gasteiger partial charge >= 0.3 is 0 Å². The minimum absolute atomic E-state index is 0.110. The van der Waals surface area contributed by atoms with Crippen molar-refractivity contribution in [2.75, 3.05) is 13.2 Å². The van der Waals surface area contributed by atoms with Crippen molar-refractivity contribution in [1.29, 1.82) is 0 Å². The second kappa shape index (κ2) is 20.7. The third-order valence-electron chi connectivity index (χ3n) is 4.64. The topological polar surface area (TPSA) is 38.3 Å². The number of rotatable bonds is 19. The van der Waals surface area contributed by atoms with Crippen LogP contribution in [0.2, 0.25) is 0 Å². The lowest BCUT2D eigenvalue weighted by Crippen LogP contribution is -2.40. The van der Waals surface area contributed by atoms with Crippen LogP contribution in [0.3, 0.4) is 0 Å². The van der Waals surface area contributed by atoms with Crippen LogP contribution in [0.15, 0.2) is 48.6 Å². The van der Waals surface area contributed by atoms with E-state index in [4.69, 9.17) is 4.74 Å². The van der Waals surface area contributed by atoms with Crippen LogP contribution in [-0.4, -0.2) is 24.7 Å². The van der Waals surface area contributed by atoms with Crippen LogP contribution in [0, 0.1) is 0 Å². The van der Waals surface area contributed by atoms with Crippen LogP contribution in [0.1, 0.15) is 98.3 Å². The van der Waals surface area contributed by atoms with E-state index in [1.165, 1.54) is 25.7 Å². The van der Waals surface area contributed by atoms with E-state index in [1.807, 2.05) is 13.8 Å². The molecule has 0 saturated heterocycles. The Morgan fingerprint density at radius 2 is 1.30 bits per heavy atom. The number of unbranched alkanes of at least 4 members (excludes halogenated alkanes) is 4. The van der Waals surface area contributed by atoms with Gasteiger partial charge in [-0.3, -0.25) is 4.79 Å². The lowest BCUT2D eigenvalue weighted by Gasteiger charge is -2.25. The Kier molecular flexibility index (Phi) is 19.5. The van der Waals surface area contributed by atoms with Crippen LogP contribution in [0.4, 0.5) is 0 Å². The highest BCUT2D eigenvalue weighted by Gasteiger charge is 2.18. The molecule has 0 atom stereocenters. The zero-order chi connectivity index (χ0) is 22.3. The van der Waals surface area contributed by atoms with Gasteiger partial charge in [-0.1, -0.05) is 75.3 Å². The van der Waals surface area contributed by atoms with Crippen LogP contribution >= 0.6 is 0 Å². The van der Waals surface area contributed by atoms with Gasteiger partial charge in [-0.2, -0.15) is 0 Å². The first-order valence-electron chi connectivity index (χ1n) is 12.0. The van der Waals surface area contributed by atoms with Gasteiger partial charge in [0.1, 0.15) is 0 Å². The maximum absolute atomic E-state index is 11.9. The normalized spacial score (nSPS) is 12.8. The third kappa shape index (κ3) is 21.1. The Balaban J connectivity index is 3.61. The lowest BCUT2D eigenvalue weighted by molar-refractivity contribution is -0.122. The van der Waals surface area contributed by atoms with Crippen LogP contribution in [0.25, 0.3) is 0 Å². The molecule has 0 fully saturated rings. The Morgan fingerprint density at radius 1 is 0.767 bits per heavy atom. The molecule has 0 aliphatic heterocycles. The van der Waals surface area contributed by atoms with Gasteiger partial charge in [-0.05, 0) is 65.2 Å². The van der Waals surface area contributed by atoms with E-state index in [2.05, 4.69) is 67.8 Å². The largest absolute Gasteiger partial charge is 0.374 e. The zero-order valence-corrected chi connectivity index (χ0v) is 20.1. The molecule has 0 saturated carbocycles. The molecule has 0 spiro atoms. The summed E-state index contributed by atoms with van der Waals surface area (Å²) in [5.74, 6) is 0.110. The highest BCUT2D eigenvalue weighted by Crippen LogP contribution is 2.08. The molecule has 0 aromatic rings. The van der Waals surface area contributed by atoms with Crippen molar-refractivity contribution in [3.63, 3.8) is 0 Å². The molecule has 0 heterocycles. The third-order valence-corrected chi connectivity index (χ3v) is 4.64. The molecule has 172 valence electrons. The first-order valence-corrected chi connectivity index (χ1v) is 12.0. The van der Waals surface area contributed by atoms with Crippen LogP contribution < -0.4 is 5.32 Å². The van der Waals surface area contributed by atoms with E-state index in [-0.39, 0.29) is 11.5 Å². The van der Waals surface area contributed by atoms with Crippen molar-refractivity contribution in [1.82, 2.24) is 5.32 Å². The highest BCUT2D eigenvalue weighted by atomic mass is 16.5. The average Bonchev–Trinajstić information content (AvgIpc) is 2.73. The average molecular weight is 418 g/mol. The molecule has 0 radical (unpaired) electrons. The molecule has 30 heavy (non-hydrogen) atoms. The van der Waals surface area contributed by atoms with Crippen molar-refractivity contribution in [3.05, 3.63) is 48.6 Å². The molecule has 3 nitrogen and oxygen atoms in total. The Bertz CT molecular complexity index is 515. The Hall–Kier alpha value is -1.61. The predicted octanol–water partition coefficient (Wildman–Crippen LogP) is 7.45. The number of allylic oxidation sites excluding steroid dienone is 8. The van der Waals surface area contributed by atoms with Gasteiger partial charge in [0.05, 0.1) is 5.60 Å². The number of carbonyl (C=O) groups is 1. The summed E-state index contributed by atoms with van der Waals surface area (Å²) in [6.07, 6.45) is 29.3. The van der Waals surface area contributed by atoms with Crippen LogP contribution in [-0.2, 0) is 9.53 Å². The first kappa shape index (κ1) is 28.4. The summed E-state index contributed by atoms with van der Waals surface area (Å²) in [6.45, 7) is 9.66. The van der Waals surface area contributed by atoms with Crippen LogP contribution in [0.5, 0.6) is 0 Å². The van der Waals surface area contributed by atoms with Gasteiger partial charge < -0.3 is 10.1 Å². The molecule has 1 N–H and O–H groups in total. The molecule has 0 bridgehead atoms. The monoisotopic (exact) mass is 417 g/mol. The number of hydrogen-bond acceptors (Lipinski definition) is 2. The van der Waals surface area contributed by atoms with Gasteiger partial charge in [0.25, 0.3) is 0 Å². The van der Waals surface area contributed by atoms with E-state index in [0.29, 0.717) is 13.0 Å². The second-order valence-electron chi connectivity index (χ2n) is 8.37. The number of amides is 1. The lowest BCUT2D eigenvalue weighted by atomic mass is 10.1. The van der Waals surface area contributed by atoms with Gasteiger partial charge in [0, 0.05) is 19.6 Å². The van der Waals surface area contributed by atoms with E-state index < -0.39 is 0 Å². The zero-order valence-electron chi connectivity index (χ0n) is 20.1. The summed E-state index contributed by atoms with van der Waals surface area (Å²) in [5.41, 5.74) is -0.294. The van der Waals surface area contributed by atoms with Gasteiger partial charge in [-0.15, -0.1) is 0 Å². The summed E-state index contributed by atoms with van der Waals surface area (Å²) in [6, 6.07) is 0. The standard InChI is InChI=1S/C27H47NO2/c1-5-7-8-9-10-11-12-13-14-15-16-17-18-19-20-21-22-23-26(29)28-25-27(3,4)30-24-6-2/h10-11,13-14,16-17,19-20H,5-9,12,15,18,21-25H2,1-4H3,(H,28,29)/b11-10-,14-13-,17-16-,20-19-.